The van der Waals surface area contributed by atoms with Crippen LogP contribution >= 0.6 is 0 Å². The van der Waals surface area contributed by atoms with Crippen molar-refractivity contribution in [2.75, 3.05) is 7.11 Å². The quantitative estimate of drug-likeness (QED) is 0.596. The minimum absolute atomic E-state index is 0.0578. The average molecular weight is 228 g/mol. The topological polar surface area (TPSA) is 46.5 Å². The van der Waals surface area contributed by atoms with E-state index in [4.69, 9.17) is 4.74 Å². The first-order valence-electron chi connectivity index (χ1n) is 6.34. The van der Waals surface area contributed by atoms with Crippen LogP contribution in [0.5, 0.6) is 0 Å². The predicted molar refractivity (Wildman–Crippen MR) is 63.0 cm³/mol. The van der Waals surface area contributed by atoms with E-state index in [1.165, 1.54) is 20.0 Å². The average Bonchev–Trinajstić information content (AvgIpc) is 2.55. The second-order valence-electron chi connectivity index (χ2n) is 5.16. The molecule has 1 N–H and O–H groups in total. The molecule has 1 saturated carbocycles. The predicted octanol–water partition coefficient (Wildman–Crippen LogP) is 2.52. The minimum Gasteiger partial charge on any atom is -0.467 e. The lowest BCUT2D eigenvalue weighted by Gasteiger charge is -2.36. The van der Waals surface area contributed by atoms with Crippen LogP contribution in [0.25, 0.3) is 0 Å². The van der Waals surface area contributed by atoms with Crippen LogP contribution in [0.1, 0.15) is 52.4 Å². The van der Waals surface area contributed by atoms with E-state index in [1.54, 1.807) is 0 Å². The third-order valence-corrected chi connectivity index (χ3v) is 3.87. The van der Waals surface area contributed by atoms with Gasteiger partial charge in [0.15, 0.2) is 5.60 Å². The Morgan fingerprint density at radius 2 is 1.75 bits per heavy atom. The van der Waals surface area contributed by atoms with Crippen molar-refractivity contribution in [1.82, 2.24) is 0 Å². The van der Waals surface area contributed by atoms with Gasteiger partial charge in [-0.05, 0) is 24.7 Å². The molecule has 0 saturated heterocycles. The second-order valence-corrected chi connectivity index (χ2v) is 5.16. The van der Waals surface area contributed by atoms with Crippen LogP contribution in [-0.2, 0) is 9.53 Å². The van der Waals surface area contributed by atoms with Crippen molar-refractivity contribution in [2.24, 2.45) is 11.8 Å². The number of esters is 1. The summed E-state index contributed by atoms with van der Waals surface area (Å²) in [5.74, 6) is -0.500. The molecular weight excluding hydrogens is 204 g/mol. The Bertz CT molecular complexity index is 229. The number of hydrogen-bond acceptors (Lipinski definition) is 3. The van der Waals surface area contributed by atoms with Crippen molar-refractivity contribution >= 4 is 5.97 Å². The lowest BCUT2D eigenvalue weighted by molar-refractivity contribution is -0.176. The third-order valence-electron chi connectivity index (χ3n) is 3.87. The molecule has 3 heteroatoms. The molecule has 1 aliphatic carbocycles. The summed E-state index contributed by atoms with van der Waals surface area (Å²) in [6.07, 6.45) is 6.51. The van der Waals surface area contributed by atoms with E-state index < -0.39 is 11.6 Å². The Balaban J connectivity index is 2.86. The lowest BCUT2D eigenvalue weighted by Crippen LogP contribution is -2.51. The van der Waals surface area contributed by atoms with Crippen molar-refractivity contribution in [1.29, 1.82) is 0 Å². The molecule has 0 amide bonds. The maximum atomic E-state index is 11.8. The van der Waals surface area contributed by atoms with Crippen molar-refractivity contribution in [3.8, 4) is 0 Å². The van der Waals surface area contributed by atoms with E-state index in [9.17, 15) is 9.90 Å². The molecule has 0 aromatic carbocycles. The number of ether oxygens (including phenoxy) is 1. The molecule has 3 nitrogen and oxygen atoms in total. The molecule has 0 heterocycles. The number of aliphatic hydroxyl groups is 1. The van der Waals surface area contributed by atoms with Crippen LogP contribution in [0.2, 0.25) is 0 Å². The highest BCUT2D eigenvalue weighted by Gasteiger charge is 2.47. The number of carbonyl (C=O) groups excluding carboxylic acids is 1. The fraction of sp³-hybridized carbons (Fsp3) is 0.923. The van der Waals surface area contributed by atoms with Gasteiger partial charge in [0.1, 0.15) is 0 Å². The van der Waals surface area contributed by atoms with E-state index in [2.05, 4.69) is 0 Å². The highest BCUT2D eigenvalue weighted by atomic mass is 16.5. The monoisotopic (exact) mass is 228 g/mol. The van der Waals surface area contributed by atoms with Crippen LogP contribution in [-0.4, -0.2) is 23.8 Å². The smallest absolute Gasteiger partial charge is 0.338 e. The van der Waals surface area contributed by atoms with Crippen LogP contribution in [0.4, 0.5) is 0 Å². The summed E-state index contributed by atoms with van der Waals surface area (Å²) >= 11 is 0. The summed E-state index contributed by atoms with van der Waals surface area (Å²) in [6.45, 7) is 3.78. The maximum absolute atomic E-state index is 11.8. The Morgan fingerprint density at radius 3 is 2.12 bits per heavy atom. The van der Waals surface area contributed by atoms with Crippen LogP contribution in [0.3, 0.4) is 0 Å². The van der Waals surface area contributed by atoms with Gasteiger partial charge in [-0.1, -0.05) is 39.5 Å². The second kappa shape index (κ2) is 5.67. The molecule has 1 unspecified atom stereocenters. The molecule has 1 fully saturated rings. The molecule has 94 valence electrons. The van der Waals surface area contributed by atoms with Gasteiger partial charge in [-0.15, -0.1) is 0 Å². The molecule has 1 aliphatic rings. The van der Waals surface area contributed by atoms with Gasteiger partial charge in [0.05, 0.1) is 7.11 Å². The summed E-state index contributed by atoms with van der Waals surface area (Å²) in [7, 11) is 1.35. The van der Waals surface area contributed by atoms with E-state index in [1.807, 2.05) is 13.8 Å². The number of rotatable bonds is 3. The Kier molecular flexibility index (Phi) is 4.78. The molecule has 0 aromatic heterocycles. The normalized spacial score (nSPS) is 22.6. The van der Waals surface area contributed by atoms with Crippen molar-refractivity contribution in [3.05, 3.63) is 0 Å². The van der Waals surface area contributed by atoms with Crippen LogP contribution in [0.15, 0.2) is 0 Å². The van der Waals surface area contributed by atoms with E-state index in [0.29, 0.717) is 0 Å². The molecule has 0 bridgehead atoms. The van der Waals surface area contributed by atoms with Gasteiger partial charge in [0.25, 0.3) is 0 Å². The Morgan fingerprint density at radius 1 is 1.25 bits per heavy atom. The number of methoxy groups -OCH3 is 1. The van der Waals surface area contributed by atoms with Gasteiger partial charge >= 0.3 is 5.97 Å². The van der Waals surface area contributed by atoms with Crippen LogP contribution < -0.4 is 0 Å². The lowest BCUT2D eigenvalue weighted by atomic mass is 9.75. The Labute approximate surface area is 98.2 Å². The molecule has 16 heavy (non-hydrogen) atoms. The highest BCUT2D eigenvalue weighted by molar-refractivity contribution is 5.80. The maximum Gasteiger partial charge on any atom is 0.338 e. The number of hydrogen-bond donors (Lipinski definition) is 1. The SMILES string of the molecule is COC(=O)C(O)(C(C)C)C1CCCCCC1. The van der Waals surface area contributed by atoms with Gasteiger partial charge in [0, 0.05) is 0 Å². The standard InChI is InChI=1S/C13H24O3/c1-10(2)13(15,12(14)16-3)11-8-6-4-5-7-9-11/h10-11,15H,4-9H2,1-3H3. The summed E-state index contributed by atoms with van der Waals surface area (Å²) in [5.41, 5.74) is -1.29. The fourth-order valence-corrected chi connectivity index (χ4v) is 2.76. The molecule has 0 aliphatic heterocycles. The zero-order valence-corrected chi connectivity index (χ0v) is 10.7. The molecule has 1 atom stereocenters. The zero-order valence-electron chi connectivity index (χ0n) is 10.7. The summed E-state index contributed by atoms with van der Waals surface area (Å²) in [5, 5.41) is 10.6. The van der Waals surface area contributed by atoms with Gasteiger partial charge in [-0.3, -0.25) is 0 Å². The van der Waals surface area contributed by atoms with Crippen molar-refractivity contribution in [3.63, 3.8) is 0 Å². The molecule has 1 rings (SSSR count). The van der Waals surface area contributed by atoms with E-state index in [0.717, 1.165) is 25.7 Å². The van der Waals surface area contributed by atoms with Crippen LogP contribution in [0, 0.1) is 11.8 Å². The summed E-state index contributed by atoms with van der Waals surface area (Å²) in [6, 6.07) is 0. The first kappa shape index (κ1) is 13.5. The third kappa shape index (κ3) is 2.57. The molecule has 0 spiro atoms. The van der Waals surface area contributed by atoms with Gasteiger partial charge in [-0.2, -0.15) is 0 Å². The van der Waals surface area contributed by atoms with Gasteiger partial charge < -0.3 is 9.84 Å². The van der Waals surface area contributed by atoms with E-state index in [-0.39, 0.29) is 11.8 Å². The van der Waals surface area contributed by atoms with Gasteiger partial charge in [-0.25, -0.2) is 4.79 Å². The first-order valence-corrected chi connectivity index (χ1v) is 6.34. The van der Waals surface area contributed by atoms with Crippen molar-refractivity contribution < 1.29 is 14.6 Å². The molecule has 0 aromatic rings. The van der Waals surface area contributed by atoms with Crippen molar-refractivity contribution in [2.45, 2.75) is 58.0 Å². The Hall–Kier alpha value is -0.570. The zero-order chi connectivity index (χ0) is 12.2. The fourth-order valence-electron chi connectivity index (χ4n) is 2.76. The summed E-state index contributed by atoms with van der Waals surface area (Å²) < 4.78 is 4.78. The summed E-state index contributed by atoms with van der Waals surface area (Å²) in [4.78, 5) is 11.8. The number of carbonyl (C=O) groups is 1. The minimum atomic E-state index is -1.29. The van der Waals surface area contributed by atoms with E-state index >= 15 is 0 Å². The molecular formula is C13H24O3. The first-order chi connectivity index (χ1) is 7.53. The largest absolute Gasteiger partial charge is 0.467 e. The molecule has 0 radical (unpaired) electrons. The highest BCUT2D eigenvalue weighted by Crippen LogP contribution is 2.37. The van der Waals surface area contributed by atoms with Gasteiger partial charge in [0.2, 0.25) is 0 Å².